The Hall–Kier alpha value is -0.370. The molecule has 2 heteroatoms. The van der Waals surface area contributed by atoms with Gasteiger partial charge in [0.1, 0.15) is 5.66 Å². The molecule has 1 atom stereocenters. The summed E-state index contributed by atoms with van der Waals surface area (Å²) in [6, 6.07) is 0. The van der Waals surface area contributed by atoms with Crippen LogP contribution in [0.25, 0.3) is 0 Å². The zero-order valence-corrected chi connectivity index (χ0v) is 7.94. The maximum absolute atomic E-state index is 4.62. The molecular weight excluding hydrogens is 136 g/mol. The van der Waals surface area contributed by atoms with Crippen LogP contribution in [-0.4, -0.2) is 17.9 Å². The van der Waals surface area contributed by atoms with Crippen molar-refractivity contribution in [3.8, 4) is 0 Å². The minimum atomic E-state index is -0.0116. The molecule has 0 spiro atoms. The molecule has 0 radical (unpaired) electrons. The molecule has 0 saturated heterocycles. The van der Waals surface area contributed by atoms with Crippen molar-refractivity contribution in [1.82, 2.24) is 5.32 Å². The highest BCUT2D eigenvalue weighted by molar-refractivity contribution is 5.83. The average molecular weight is 154 g/mol. The third-order valence-electron chi connectivity index (χ3n) is 2.52. The van der Waals surface area contributed by atoms with Crippen molar-refractivity contribution in [2.45, 2.75) is 39.8 Å². The Labute approximate surface area is 69.1 Å². The van der Waals surface area contributed by atoms with Gasteiger partial charge >= 0.3 is 0 Å². The van der Waals surface area contributed by atoms with Crippen molar-refractivity contribution in [2.75, 3.05) is 6.54 Å². The van der Waals surface area contributed by atoms with Crippen molar-refractivity contribution >= 4 is 5.71 Å². The Bertz CT molecular complexity index is 172. The maximum atomic E-state index is 4.62. The quantitative estimate of drug-likeness (QED) is 0.612. The van der Waals surface area contributed by atoms with Crippen LogP contribution in [-0.2, 0) is 0 Å². The van der Waals surface area contributed by atoms with Crippen LogP contribution in [0.4, 0.5) is 0 Å². The second kappa shape index (κ2) is 2.94. The predicted octanol–water partition coefficient (Wildman–Crippen LogP) is 1.81. The molecule has 1 aliphatic rings. The van der Waals surface area contributed by atoms with Crippen molar-refractivity contribution in [3.63, 3.8) is 0 Å². The summed E-state index contributed by atoms with van der Waals surface area (Å²) in [5.41, 5.74) is 1.27. The minimum absolute atomic E-state index is 0.0116. The molecule has 1 aliphatic heterocycles. The second-order valence-corrected chi connectivity index (χ2v) is 3.83. The van der Waals surface area contributed by atoms with E-state index in [1.54, 1.807) is 0 Å². The van der Waals surface area contributed by atoms with Crippen LogP contribution in [0.15, 0.2) is 4.99 Å². The second-order valence-electron chi connectivity index (χ2n) is 3.83. The molecule has 11 heavy (non-hydrogen) atoms. The van der Waals surface area contributed by atoms with Crippen molar-refractivity contribution < 1.29 is 0 Å². The zero-order chi connectivity index (χ0) is 8.48. The van der Waals surface area contributed by atoms with E-state index in [1.165, 1.54) is 5.71 Å². The molecule has 0 amide bonds. The van der Waals surface area contributed by atoms with E-state index < -0.39 is 0 Å². The Morgan fingerprint density at radius 3 is 2.55 bits per heavy atom. The monoisotopic (exact) mass is 154 g/mol. The highest BCUT2D eigenvalue weighted by Gasteiger charge is 2.28. The molecule has 1 N–H and O–H groups in total. The summed E-state index contributed by atoms with van der Waals surface area (Å²) in [5.74, 6) is 0.567. The van der Waals surface area contributed by atoms with Crippen LogP contribution in [0.3, 0.4) is 0 Å². The van der Waals surface area contributed by atoms with Gasteiger partial charge in [-0.1, -0.05) is 13.8 Å². The van der Waals surface area contributed by atoms with Gasteiger partial charge < -0.3 is 0 Å². The molecule has 2 nitrogen and oxygen atoms in total. The average Bonchev–Trinajstić information content (AvgIpc) is 1.86. The highest BCUT2D eigenvalue weighted by atomic mass is 15.2. The maximum Gasteiger partial charge on any atom is 0.110 e. The van der Waals surface area contributed by atoms with Crippen LogP contribution in [0.2, 0.25) is 0 Å². The first-order chi connectivity index (χ1) is 5.04. The van der Waals surface area contributed by atoms with Crippen LogP contribution >= 0.6 is 0 Å². The Morgan fingerprint density at radius 2 is 2.18 bits per heavy atom. The lowest BCUT2D eigenvalue weighted by Crippen LogP contribution is -2.49. The largest absolute Gasteiger partial charge is 0.293 e. The van der Waals surface area contributed by atoms with Crippen LogP contribution in [0.5, 0.6) is 0 Å². The van der Waals surface area contributed by atoms with Gasteiger partial charge in [-0.15, -0.1) is 0 Å². The van der Waals surface area contributed by atoms with Gasteiger partial charge in [0, 0.05) is 12.3 Å². The summed E-state index contributed by atoms with van der Waals surface area (Å²) in [7, 11) is 0. The van der Waals surface area contributed by atoms with Crippen LogP contribution in [0.1, 0.15) is 34.1 Å². The molecule has 1 heterocycles. The molecular formula is C9H18N2. The van der Waals surface area contributed by atoms with Crippen molar-refractivity contribution in [3.05, 3.63) is 0 Å². The van der Waals surface area contributed by atoms with Gasteiger partial charge in [-0.25, -0.2) is 0 Å². The highest BCUT2D eigenvalue weighted by Crippen LogP contribution is 2.21. The summed E-state index contributed by atoms with van der Waals surface area (Å²) < 4.78 is 0. The van der Waals surface area contributed by atoms with E-state index in [2.05, 4.69) is 38.0 Å². The first-order valence-electron chi connectivity index (χ1n) is 4.35. The van der Waals surface area contributed by atoms with Crippen molar-refractivity contribution in [2.24, 2.45) is 10.9 Å². The van der Waals surface area contributed by atoms with E-state index in [1.807, 2.05) is 0 Å². The Balaban J connectivity index is 2.78. The fraction of sp³-hybridized carbons (Fsp3) is 0.889. The van der Waals surface area contributed by atoms with E-state index in [0.29, 0.717) is 5.92 Å². The molecule has 64 valence electrons. The molecule has 0 aromatic rings. The number of rotatable bonds is 1. The van der Waals surface area contributed by atoms with E-state index in [4.69, 9.17) is 0 Å². The Morgan fingerprint density at radius 1 is 1.55 bits per heavy atom. The number of nitrogens with zero attached hydrogens (tertiary/aromatic N) is 1. The fourth-order valence-corrected chi connectivity index (χ4v) is 1.32. The smallest absolute Gasteiger partial charge is 0.110 e. The Kier molecular flexibility index (Phi) is 2.33. The lowest BCUT2D eigenvalue weighted by Gasteiger charge is -2.35. The fourth-order valence-electron chi connectivity index (χ4n) is 1.32. The predicted molar refractivity (Wildman–Crippen MR) is 49.0 cm³/mol. The molecule has 0 fully saturated rings. The van der Waals surface area contributed by atoms with Crippen LogP contribution in [0, 0.1) is 5.92 Å². The van der Waals surface area contributed by atoms with Crippen molar-refractivity contribution in [1.29, 1.82) is 0 Å². The summed E-state index contributed by atoms with van der Waals surface area (Å²) in [6.07, 6.45) is 1.10. The summed E-state index contributed by atoms with van der Waals surface area (Å²) in [6.45, 7) is 9.76. The van der Waals surface area contributed by atoms with E-state index in [0.717, 1.165) is 13.0 Å². The SMILES string of the molecule is CC1=NC(C)(C(C)C)NCC1. The van der Waals surface area contributed by atoms with Gasteiger partial charge in [-0.05, 0) is 26.2 Å². The third kappa shape index (κ3) is 1.80. The van der Waals surface area contributed by atoms with Gasteiger partial charge in [0.15, 0.2) is 0 Å². The van der Waals surface area contributed by atoms with Gasteiger partial charge in [-0.3, -0.25) is 10.3 Å². The lowest BCUT2D eigenvalue weighted by atomic mass is 9.96. The van der Waals surface area contributed by atoms with Crippen LogP contribution < -0.4 is 5.32 Å². The molecule has 1 unspecified atom stereocenters. The number of nitrogens with one attached hydrogen (secondary N) is 1. The lowest BCUT2D eigenvalue weighted by molar-refractivity contribution is 0.267. The normalized spacial score (nSPS) is 32.3. The van der Waals surface area contributed by atoms with E-state index in [9.17, 15) is 0 Å². The molecule has 0 saturated carbocycles. The van der Waals surface area contributed by atoms with Gasteiger partial charge in [0.25, 0.3) is 0 Å². The van der Waals surface area contributed by atoms with Gasteiger partial charge in [0.2, 0.25) is 0 Å². The van der Waals surface area contributed by atoms with Gasteiger partial charge in [-0.2, -0.15) is 0 Å². The topological polar surface area (TPSA) is 24.4 Å². The van der Waals surface area contributed by atoms with E-state index in [-0.39, 0.29) is 5.66 Å². The molecule has 0 aromatic carbocycles. The summed E-state index contributed by atoms with van der Waals surface area (Å²) in [5, 5.41) is 3.44. The number of hydrogen-bond donors (Lipinski definition) is 1. The number of hydrogen-bond acceptors (Lipinski definition) is 2. The third-order valence-corrected chi connectivity index (χ3v) is 2.52. The van der Waals surface area contributed by atoms with E-state index >= 15 is 0 Å². The zero-order valence-electron chi connectivity index (χ0n) is 7.94. The summed E-state index contributed by atoms with van der Waals surface area (Å²) in [4.78, 5) is 4.62. The molecule has 0 bridgehead atoms. The summed E-state index contributed by atoms with van der Waals surface area (Å²) >= 11 is 0. The first kappa shape index (κ1) is 8.72. The van der Waals surface area contributed by atoms with Gasteiger partial charge in [0.05, 0.1) is 0 Å². The minimum Gasteiger partial charge on any atom is -0.293 e. The molecule has 0 aromatic heterocycles. The molecule has 1 rings (SSSR count). The standard InChI is InChI=1S/C9H18N2/c1-7(2)9(4)10-6-5-8(3)11-9/h7,10H,5-6H2,1-4H3. The number of aliphatic imine (C=N–C) groups is 1. The first-order valence-corrected chi connectivity index (χ1v) is 4.35. The molecule has 0 aliphatic carbocycles.